The number of anilines is 3. The Morgan fingerprint density at radius 3 is 2.45 bits per heavy atom. The Bertz CT molecular complexity index is 1030. The zero-order valence-corrected chi connectivity index (χ0v) is 16.4. The Balaban J connectivity index is 1.69. The van der Waals surface area contributed by atoms with E-state index in [-0.39, 0.29) is 11.8 Å². The Hall–Kier alpha value is -3.74. The van der Waals surface area contributed by atoms with Gasteiger partial charge in [-0.1, -0.05) is 25.1 Å². The summed E-state index contributed by atoms with van der Waals surface area (Å²) in [5.41, 5.74) is 9.86. The molecule has 29 heavy (non-hydrogen) atoms. The molecule has 2 aromatic carbocycles. The number of nitrogen functional groups attached to an aromatic ring is 1. The SMILES string of the molecule is CCC(=O)Nc1ccc(C)c(C(=O)Nc2cnc(Cc3cccc(N)c3)nc2)c1. The number of amides is 2. The van der Waals surface area contributed by atoms with Gasteiger partial charge in [0.05, 0.1) is 18.1 Å². The number of hydrogen-bond donors (Lipinski definition) is 3. The standard InChI is InChI=1S/C22H23N5O2/c1-3-21(28)26-17-8-7-14(2)19(11-17)22(29)27-18-12-24-20(25-13-18)10-15-5-4-6-16(23)9-15/h4-9,11-13H,3,10,23H2,1-2H3,(H,26,28)(H,27,29). The van der Waals surface area contributed by atoms with Crippen LogP contribution in [0.1, 0.15) is 40.7 Å². The molecule has 0 atom stereocenters. The summed E-state index contributed by atoms with van der Waals surface area (Å²) in [4.78, 5) is 32.9. The van der Waals surface area contributed by atoms with Crippen LogP contribution in [-0.4, -0.2) is 21.8 Å². The van der Waals surface area contributed by atoms with Crippen LogP contribution in [0.2, 0.25) is 0 Å². The third-order valence-electron chi connectivity index (χ3n) is 4.36. The summed E-state index contributed by atoms with van der Waals surface area (Å²) in [5.74, 6) is 0.237. The van der Waals surface area contributed by atoms with Gasteiger partial charge in [-0.2, -0.15) is 0 Å². The summed E-state index contributed by atoms with van der Waals surface area (Å²) in [6, 6.07) is 12.8. The first kappa shape index (κ1) is 20.0. The van der Waals surface area contributed by atoms with Crippen molar-refractivity contribution in [3.05, 3.63) is 77.4 Å². The Morgan fingerprint density at radius 2 is 1.76 bits per heavy atom. The average molecular weight is 389 g/mol. The van der Waals surface area contributed by atoms with Crippen molar-refractivity contribution in [1.82, 2.24) is 9.97 Å². The van der Waals surface area contributed by atoms with Gasteiger partial charge in [0.25, 0.3) is 5.91 Å². The minimum Gasteiger partial charge on any atom is -0.399 e. The minimum atomic E-state index is -0.290. The van der Waals surface area contributed by atoms with Crippen molar-refractivity contribution in [2.24, 2.45) is 0 Å². The largest absolute Gasteiger partial charge is 0.399 e. The maximum absolute atomic E-state index is 12.7. The van der Waals surface area contributed by atoms with E-state index in [9.17, 15) is 9.59 Å². The van der Waals surface area contributed by atoms with Crippen molar-refractivity contribution in [3.63, 3.8) is 0 Å². The maximum atomic E-state index is 12.7. The van der Waals surface area contributed by atoms with Crippen LogP contribution in [0.15, 0.2) is 54.9 Å². The van der Waals surface area contributed by atoms with Gasteiger partial charge in [0.1, 0.15) is 5.82 Å². The van der Waals surface area contributed by atoms with Crippen molar-refractivity contribution in [3.8, 4) is 0 Å². The molecule has 4 N–H and O–H groups in total. The Labute approximate surface area is 169 Å². The molecule has 0 aliphatic rings. The summed E-state index contributed by atoms with van der Waals surface area (Å²) in [5, 5.41) is 5.56. The number of carbonyl (C=O) groups excluding carboxylic acids is 2. The van der Waals surface area contributed by atoms with Crippen LogP contribution in [-0.2, 0) is 11.2 Å². The molecule has 0 saturated heterocycles. The van der Waals surface area contributed by atoms with Crippen molar-refractivity contribution < 1.29 is 9.59 Å². The second kappa shape index (κ2) is 8.97. The normalized spacial score (nSPS) is 10.4. The molecule has 2 amide bonds. The molecule has 3 aromatic rings. The quantitative estimate of drug-likeness (QED) is 0.558. The number of nitrogens with two attached hydrogens (primary N) is 1. The molecule has 0 fully saturated rings. The molecule has 7 heteroatoms. The first-order valence-corrected chi connectivity index (χ1v) is 9.32. The second-order valence-corrected chi connectivity index (χ2v) is 6.70. The topological polar surface area (TPSA) is 110 Å². The highest BCUT2D eigenvalue weighted by atomic mass is 16.2. The fourth-order valence-corrected chi connectivity index (χ4v) is 2.79. The van der Waals surface area contributed by atoms with Crippen LogP contribution in [0.5, 0.6) is 0 Å². The van der Waals surface area contributed by atoms with Gasteiger partial charge in [-0.15, -0.1) is 0 Å². The third kappa shape index (κ3) is 5.38. The highest BCUT2D eigenvalue weighted by Gasteiger charge is 2.12. The predicted molar refractivity (Wildman–Crippen MR) is 114 cm³/mol. The van der Waals surface area contributed by atoms with Crippen molar-refractivity contribution in [2.45, 2.75) is 26.7 Å². The minimum absolute atomic E-state index is 0.107. The number of hydrogen-bond acceptors (Lipinski definition) is 5. The van der Waals surface area contributed by atoms with Gasteiger partial charge in [0.15, 0.2) is 0 Å². The molecular weight excluding hydrogens is 366 g/mol. The Morgan fingerprint density at radius 1 is 1.00 bits per heavy atom. The molecule has 0 radical (unpaired) electrons. The van der Waals surface area contributed by atoms with Gasteiger partial charge >= 0.3 is 0 Å². The summed E-state index contributed by atoms with van der Waals surface area (Å²) in [6.45, 7) is 3.61. The van der Waals surface area contributed by atoms with E-state index in [2.05, 4.69) is 20.6 Å². The van der Waals surface area contributed by atoms with E-state index in [1.54, 1.807) is 37.5 Å². The molecule has 0 aliphatic heterocycles. The van der Waals surface area contributed by atoms with E-state index in [0.29, 0.717) is 41.3 Å². The monoisotopic (exact) mass is 389 g/mol. The lowest BCUT2D eigenvalue weighted by atomic mass is 10.1. The molecule has 1 heterocycles. The Kier molecular flexibility index (Phi) is 6.19. The highest BCUT2D eigenvalue weighted by molar-refractivity contribution is 6.06. The van der Waals surface area contributed by atoms with Crippen LogP contribution >= 0.6 is 0 Å². The van der Waals surface area contributed by atoms with E-state index in [1.807, 2.05) is 31.2 Å². The van der Waals surface area contributed by atoms with Crippen molar-refractivity contribution in [2.75, 3.05) is 16.4 Å². The fraction of sp³-hybridized carbons (Fsp3) is 0.182. The lowest BCUT2D eigenvalue weighted by molar-refractivity contribution is -0.115. The van der Waals surface area contributed by atoms with E-state index in [1.165, 1.54) is 0 Å². The zero-order chi connectivity index (χ0) is 20.8. The lowest BCUT2D eigenvalue weighted by Gasteiger charge is -2.10. The number of aryl methyl sites for hydroxylation is 1. The predicted octanol–water partition coefficient (Wildman–Crippen LogP) is 3.56. The summed E-state index contributed by atoms with van der Waals surface area (Å²) in [6.07, 6.45) is 4.07. The van der Waals surface area contributed by atoms with Gasteiger partial charge in [0.2, 0.25) is 5.91 Å². The molecule has 0 spiro atoms. The molecule has 3 rings (SSSR count). The number of carbonyl (C=O) groups is 2. The van der Waals surface area contributed by atoms with E-state index >= 15 is 0 Å². The van der Waals surface area contributed by atoms with E-state index < -0.39 is 0 Å². The lowest BCUT2D eigenvalue weighted by Crippen LogP contribution is -2.15. The number of aromatic nitrogens is 2. The van der Waals surface area contributed by atoms with Gasteiger partial charge in [0, 0.05) is 29.8 Å². The average Bonchev–Trinajstić information content (AvgIpc) is 2.70. The first-order chi connectivity index (χ1) is 13.9. The first-order valence-electron chi connectivity index (χ1n) is 9.32. The molecule has 0 bridgehead atoms. The molecular formula is C22H23N5O2. The molecule has 0 unspecified atom stereocenters. The van der Waals surface area contributed by atoms with Crippen LogP contribution in [0.25, 0.3) is 0 Å². The van der Waals surface area contributed by atoms with E-state index in [4.69, 9.17) is 5.73 Å². The van der Waals surface area contributed by atoms with Gasteiger partial charge in [-0.3, -0.25) is 9.59 Å². The van der Waals surface area contributed by atoms with Crippen molar-refractivity contribution in [1.29, 1.82) is 0 Å². The van der Waals surface area contributed by atoms with Crippen molar-refractivity contribution >= 4 is 28.9 Å². The van der Waals surface area contributed by atoms with Crippen LogP contribution < -0.4 is 16.4 Å². The third-order valence-corrected chi connectivity index (χ3v) is 4.36. The zero-order valence-electron chi connectivity index (χ0n) is 16.4. The van der Waals surface area contributed by atoms with Gasteiger partial charge in [-0.25, -0.2) is 9.97 Å². The van der Waals surface area contributed by atoms with Crippen LogP contribution in [0, 0.1) is 6.92 Å². The summed E-state index contributed by atoms with van der Waals surface area (Å²) >= 11 is 0. The van der Waals surface area contributed by atoms with Gasteiger partial charge in [-0.05, 0) is 42.3 Å². The number of nitrogens with one attached hydrogen (secondary N) is 2. The molecule has 0 saturated carbocycles. The molecule has 148 valence electrons. The smallest absolute Gasteiger partial charge is 0.256 e. The van der Waals surface area contributed by atoms with Gasteiger partial charge < -0.3 is 16.4 Å². The molecule has 0 aliphatic carbocycles. The highest BCUT2D eigenvalue weighted by Crippen LogP contribution is 2.18. The number of nitrogens with zero attached hydrogens (tertiary/aromatic N) is 2. The molecule has 1 aromatic heterocycles. The summed E-state index contributed by atoms with van der Waals surface area (Å²) in [7, 11) is 0. The second-order valence-electron chi connectivity index (χ2n) is 6.70. The van der Waals surface area contributed by atoms with E-state index in [0.717, 1.165) is 11.1 Å². The number of benzene rings is 2. The summed E-state index contributed by atoms with van der Waals surface area (Å²) < 4.78 is 0. The molecule has 7 nitrogen and oxygen atoms in total. The van der Waals surface area contributed by atoms with Crippen LogP contribution in [0.3, 0.4) is 0 Å². The fourth-order valence-electron chi connectivity index (χ4n) is 2.79. The number of rotatable bonds is 6. The maximum Gasteiger partial charge on any atom is 0.256 e. The van der Waals surface area contributed by atoms with Crippen LogP contribution in [0.4, 0.5) is 17.1 Å².